The maximum absolute atomic E-state index is 12.2. The van der Waals surface area contributed by atoms with E-state index in [1.165, 1.54) is 0 Å². The third kappa shape index (κ3) is 6.66. The molecule has 0 saturated carbocycles. The topological polar surface area (TPSA) is 40.5 Å². The first kappa shape index (κ1) is 15.2. The van der Waals surface area contributed by atoms with Crippen molar-refractivity contribution in [3.8, 4) is 0 Å². The zero-order valence-corrected chi connectivity index (χ0v) is 9.55. The number of nitrogens with zero attached hydrogens (tertiary/aromatic N) is 1. The quantitative estimate of drug-likeness (QED) is 0.722. The number of halogens is 3. The number of hydrogen-bond donors (Lipinski definition) is 1. The van der Waals surface area contributed by atoms with Crippen molar-refractivity contribution in [2.24, 2.45) is 0 Å². The number of unbranched alkanes of at least 4 members (excludes halogenated alkanes) is 1. The van der Waals surface area contributed by atoms with Gasteiger partial charge in [-0.25, -0.2) is 0 Å². The van der Waals surface area contributed by atoms with E-state index in [4.69, 9.17) is 5.11 Å². The molecule has 0 aliphatic carbocycles. The largest absolute Gasteiger partial charge is 0.406 e. The molecule has 1 amide bonds. The van der Waals surface area contributed by atoms with Gasteiger partial charge in [0.05, 0.1) is 0 Å². The van der Waals surface area contributed by atoms with Crippen LogP contribution in [0.2, 0.25) is 0 Å². The van der Waals surface area contributed by atoms with Gasteiger partial charge in [0, 0.05) is 19.1 Å². The number of rotatable bonds is 6. The van der Waals surface area contributed by atoms with Gasteiger partial charge in [-0.1, -0.05) is 0 Å². The number of hydrogen-bond acceptors (Lipinski definition) is 2. The van der Waals surface area contributed by atoms with Gasteiger partial charge in [-0.05, 0) is 26.7 Å². The van der Waals surface area contributed by atoms with E-state index < -0.39 is 24.7 Å². The maximum Gasteiger partial charge on any atom is 0.406 e. The standard InChI is InChI=1S/C10H18F3NO2/c1-8(2)14(7-10(11,12)13)9(16)5-3-4-6-15/h8,15H,3-7H2,1-2H3. The number of aliphatic hydroxyl groups excluding tert-OH is 1. The summed E-state index contributed by atoms with van der Waals surface area (Å²) in [6.45, 7) is 1.85. The van der Waals surface area contributed by atoms with Crippen LogP contribution in [0.4, 0.5) is 13.2 Å². The number of aliphatic hydroxyl groups is 1. The predicted octanol–water partition coefficient (Wildman–Crippen LogP) is 1.95. The fourth-order valence-corrected chi connectivity index (χ4v) is 1.28. The number of alkyl halides is 3. The zero-order chi connectivity index (χ0) is 12.8. The lowest BCUT2D eigenvalue weighted by Crippen LogP contribution is -2.43. The molecule has 0 radical (unpaired) electrons. The highest BCUT2D eigenvalue weighted by Gasteiger charge is 2.33. The summed E-state index contributed by atoms with van der Waals surface area (Å²) in [5.74, 6) is -0.513. The molecule has 0 saturated heterocycles. The van der Waals surface area contributed by atoms with E-state index in [9.17, 15) is 18.0 Å². The lowest BCUT2D eigenvalue weighted by Gasteiger charge is -2.27. The highest BCUT2D eigenvalue weighted by Crippen LogP contribution is 2.19. The van der Waals surface area contributed by atoms with Crippen molar-refractivity contribution in [1.82, 2.24) is 4.90 Å². The van der Waals surface area contributed by atoms with Gasteiger partial charge in [0.1, 0.15) is 6.54 Å². The third-order valence-electron chi connectivity index (χ3n) is 2.09. The monoisotopic (exact) mass is 241 g/mol. The summed E-state index contributed by atoms with van der Waals surface area (Å²) in [5, 5.41) is 8.51. The Morgan fingerprint density at radius 2 is 1.88 bits per heavy atom. The van der Waals surface area contributed by atoms with Gasteiger partial charge < -0.3 is 10.0 Å². The molecule has 1 N–H and O–H groups in total. The summed E-state index contributed by atoms with van der Waals surface area (Å²) in [4.78, 5) is 12.3. The highest BCUT2D eigenvalue weighted by molar-refractivity contribution is 5.76. The zero-order valence-electron chi connectivity index (χ0n) is 9.55. The Bertz CT molecular complexity index is 217. The van der Waals surface area contributed by atoms with Crippen LogP contribution in [0.3, 0.4) is 0 Å². The van der Waals surface area contributed by atoms with Crippen LogP contribution in [0.25, 0.3) is 0 Å². The molecule has 0 fully saturated rings. The lowest BCUT2D eigenvalue weighted by molar-refractivity contribution is -0.164. The van der Waals surface area contributed by atoms with E-state index in [0.29, 0.717) is 12.8 Å². The average molecular weight is 241 g/mol. The first-order valence-corrected chi connectivity index (χ1v) is 5.25. The summed E-state index contributed by atoms with van der Waals surface area (Å²) >= 11 is 0. The average Bonchev–Trinajstić information content (AvgIpc) is 2.12. The Labute approximate surface area is 93.2 Å². The first-order chi connectivity index (χ1) is 7.28. The van der Waals surface area contributed by atoms with Gasteiger partial charge in [0.2, 0.25) is 5.91 Å². The fourth-order valence-electron chi connectivity index (χ4n) is 1.28. The second-order valence-electron chi connectivity index (χ2n) is 3.91. The minimum absolute atomic E-state index is 0.0474. The molecule has 6 heteroatoms. The number of amides is 1. The molecular weight excluding hydrogens is 223 g/mol. The molecule has 0 spiro atoms. The van der Waals surface area contributed by atoms with Gasteiger partial charge in [0.25, 0.3) is 0 Å². The Morgan fingerprint density at radius 3 is 2.25 bits per heavy atom. The van der Waals surface area contributed by atoms with Crippen LogP contribution in [0, 0.1) is 0 Å². The van der Waals surface area contributed by atoms with Gasteiger partial charge in [-0.2, -0.15) is 13.2 Å². The molecule has 0 aliphatic rings. The summed E-state index contributed by atoms with van der Waals surface area (Å²) in [5.41, 5.74) is 0. The first-order valence-electron chi connectivity index (χ1n) is 5.25. The molecule has 0 atom stereocenters. The minimum atomic E-state index is -4.36. The second-order valence-corrected chi connectivity index (χ2v) is 3.91. The Hall–Kier alpha value is -0.780. The van der Waals surface area contributed by atoms with Crippen LogP contribution in [0.1, 0.15) is 33.1 Å². The SMILES string of the molecule is CC(C)N(CC(F)(F)F)C(=O)CCCCO. The summed E-state index contributed by atoms with van der Waals surface area (Å²) < 4.78 is 36.5. The second kappa shape index (κ2) is 6.73. The molecule has 0 unspecified atom stereocenters. The normalized spacial score (nSPS) is 11.9. The number of carbonyl (C=O) groups excluding carboxylic acids is 1. The predicted molar refractivity (Wildman–Crippen MR) is 53.8 cm³/mol. The molecule has 0 aromatic rings. The summed E-state index contributed by atoms with van der Waals surface area (Å²) in [6, 6.07) is -0.469. The molecule has 0 bridgehead atoms. The summed E-state index contributed by atoms with van der Waals surface area (Å²) in [6.07, 6.45) is -3.47. The number of carbonyl (C=O) groups is 1. The summed E-state index contributed by atoms with van der Waals surface area (Å²) in [7, 11) is 0. The van der Waals surface area contributed by atoms with Crippen molar-refractivity contribution >= 4 is 5.91 Å². The third-order valence-corrected chi connectivity index (χ3v) is 2.09. The van der Waals surface area contributed by atoms with Gasteiger partial charge in [0.15, 0.2) is 0 Å². The van der Waals surface area contributed by atoms with Crippen molar-refractivity contribution in [2.75, 3.05) is 13.2 Å². The fraction of sp³-hybridized carbons (Fsp3) is 0.900. The van der Waals surface area contributed by atoms with Crippen LogP contribution in [-0.2, 0) is 4.79 Å². The minimum Gasteiger partial charge on any atom is -0.396 e. The highest BCUT2D eigenvalue weighted by atomic mass is 19.4. The van der Waals surface area contributed by atoms with Crippen LogP contribution in [-0.4, -0.2) is 41.3 Å². The lowest BCUT2D eigenvalue weighted by atomic mass is 10.2. The molecule has 0 aromatic carbocycles. The van der Waals surface area contributed by atoms with E-state index >= 15 is 0 Å². The van der Waals surface area contributed by atoms with E-state index in [-0.39, 0.29) is 13.0 Å². The molecular formula is C10H18F3NO2. The molecule has 16 heavy (non-hydrogen) atoms. The Balaban J connectivity index is 4.25. The van der Waals surface area contributed by atoms with Gasteiger partial charge in [-0.15, -0.1) is 0 Å². The Kier molecular flexibility index (Phi) is 6.40. The van der Waals surface area contributed by atoms with E-state index in [2.05, 4.69) is 0 Å². The molecule has 0 aromatic heterocycles. The molecule has 96 valence electrons. The molecule has 3 nitrogen and oxygen atoms in total. The van der Waals surface area contributed by atoms with Crippen molar-refractivity contribution in [3.05, 3.63) is 0 Å². The van der Waals surface area contributed by atoms with Gasteiger partial charge in [-0.3, -0.25) is 4.79 Å². The van der Waals surface area contributed by atoms with Crippen molar-refractivity contribution in [1.29, 1.82) is 0 Å². The molecule has 0 rings (SSSR count). The van der Waals surface area contributed by atoms with Crippen molar-refractivity contribution in [2.45, 2.75) is 45.3 Å². The van der Waals surface area contributed by atoms with Crippen LogP contribution >= 0.6 is 0 Å². The van der Waals surface area contributed by atoms with E-state index in [1.54, 1.807) is 13.8 Å². The van der Waals surface area contributed by atoms with E-state index in [1.807, 2.05) is 0 Å². The van der Waals surface area contributed by atoms with Gasteiger partial charge >= 0.3 is 6.18 Å². The smallest absolute Gasteiger partial charge is 0.396 e. The Morgan fingerprint density at radius 1 is 1.31 bits per heavy atom. The van der Waals surface area contributed by atoms with Crippen LogP contribution in [0.15, 0.2) is 0 Å². The van der Waals surface area contributed by atoms with Crippen LogP contribution < -0.4 is 0 Å². The molecule has 0 aliphatic heterocycles. The molecule has 0 heterocycles. The van der Waals surface area contributed by atoms with Crippen molar-refractivity contribution < 1.29 is 23.1 Å². The van der Waals surface area contributed by atoms with Crippen LogP contribution in [0.5, 0.6) is 0 Å². The van der Waals surface area contributed by atoms with E-state index in [0.717, 1.165) is 4.90 Å². The maximum atomic E-state index is 12.2. The van der Waals surface area contributed by atoms with Crippen molar-refractivity contribution in [3.63, 3.8) is 0 Å².